The zero-order chi connectivity index (χ0) is 11.8. The molecule has 0 spiro atoms. The predicted octanol–water partition coefficient (Wildman–Crippen LogP) is 3.48. The van der Waals surface area contributed by atoms with Crippen LogP contribution in [-0.4, -0.2) is 23.6 Å². The predicted molar refractivity (Wildman–Crippen MR) is 73.6 cm³/mol. The SMILES string of the molecule is C=CC(CSCC(=C)C(C)C)NC(C)C. The average Bonchev–Trinajstić information content (AvgIpc) is 2.15. The molecule has 0 aliphatic carbocycles. The fourth-order valence-electron chi connectivity index (χ4n) is 1.10. The first-order valence-corrected chi connectivity index (χ1v) is 6.76. The molecule has 0 bridgehead atoms. The number of hydrogen-bond acceptors (Lipinski definition) is 2. The van der Waals surface area contributed by atoms with E-state index < -0.39 is 0 Å². The molecule has 1 unspecified atom stereocenters. The Morgan fingerprint density at radius 3 is 2.33 bits per heavy atom. The van der Waals surface area contributed by atoms with Crippen molar-refractivity contribution in [2.24, 2.45) is 5.92 Å². The van der Waals surface area contributed by atoms with Gasteiger partial charge in [-0.25, -0.2) is 0 Å². The number of thioether (sulfide) groups is 1. The second-order valence-electron chi connectivity index (χ2n) is 4.49. The van der Waals surface area contributed by atoms with Crippen LogP contribution >= 0.6 is 11.8 Å². The first-order chi connectivity index (χ1) is 6.97. The first-order valence-electron chi connectivity index (χ1n) is 5.61. The minimum absolute atomic E-state index is 0.412. The molecule has 1 N–H and O–H groups in total. The Morgan fingerprint density at radius 1 is 1.33 bits per heavy atom. The Labute approximate surface area is 99.4 Å². The Bertz CT molecular complexity index is 197. The molecule has 88 valence electrons. The van der Waals surface area contributed by atoms with Gasteiger partial charge in [-0.15, -0.1) is 6.58 Å². The second-order valence-corrected chi connectivity index (χ2v) is 5.52. The van der Waals surface area contributed by atoms with E-state index in [9.17, 15) is 0 Å². The third-order valence-corrected chi connectivity index (χ3v) is 3.40. The van der Waals surface area contributed by atoms with E-state index in [4.69, 9.17) is 0 Å². The molecule has 0 aromatic rings. The van der Waals surface area contributed by atoms with Gasteiger partial charge in [0.1, 0.15) is 0 Å². The second kappa shape index (κ2) is 8.00. The van der Waals surface area contributed by atoms with E-state index in [-0.39, 0.29) is 0 Å². The van der Waals surface area contributed by atoms with Gasteiger partial charge in [-0.1, -0.05) is 45.9 Å². The van der Waals surface area contributed by atoms with Crippen LogP contribution in [0.15, 0.2) is 24.8 Å². The maximum Gasteiger partial charge on any atom is 0.0340 e. The lowest BCUT2D eigenvalue weighted by Crippen LogP contribution is -2.35. The Hall–Kier alpha value is -0.210. The van der Waals surface area contributed by atoms with Gasteiger partial charge in [0.25, 0.3) is 0 Å². The Morgan fingerprint density at radius 2 is 1.93 bits per heavy atom. The van der Waals surface area contributed by atoms with Crippen LogP contribution in [-0.2, 0) is 0 Å². The van der Waals surface area contributed by atoms with Gasteiger partial charge < -0.3 is 5.32 Å². The van der Waals surface area contributed by atoms with E-state index in [1.165, 1.54) is 5.57 Å². The molecule has 0 amide bonds. The Kier molecular flexibility index (Phi) is 7.89. The van der Waals surface area contributed by atoms with E-state index in [1.54, 1.807) is 0 Å². The zero-order valence-electron chi connectivity index (χ0n) is 10.5. The van der Waals surface area contributed by atoms with Crippen molar-refractivity contribution in [1.29, 1.82) is 0 Å². The summed E-state index contributed by atoms with van der Waals surface area (Å²) >= 11 is 1.93. The average molecular weight is 227 g/mol. The molecule has 0 saturated carbocycles. The summed E-state index contributed by atoms with van der Waals surface area (Å²) in [5, 5.41) is 3.46. The highest BCUT2D eigenvalue weighted by Crippen LogP contribution is 2.15. The van der Waals surface area contributed by atoms with Crippen molar-refractivity contribution < 1.29 is 0 Å². The Balaban J connectivity index is 3.72. The summed E-state index contributed by atoms with van der Waals surface area (Å²) < 4.78 is 0. The van der Waals surface area contributed by atoms with Crippen LogP contribution in [0.1, 0.15) is 27.7 Å². The summed E-state index contributed by atoms with van der Waals surface area (Å²) in [4.78, 5) is 0. The van der Waals surface area contributed by atoms with Crippen LogP contribution in [0.3, 0.4) is 0 Å². The fraction of sp³-hybridized carbons (Fsp3) is 0.692. The summed E-state index contributed by atoms with van der Waals surface area (Å²) in [5.74, 6) is 2.73. The first kappa shape index (κ1) is 14.8. The maximum absolute atomic E-state index is 4.07. The van der Waals surface area contributed by atoms with Gasteiger partial charge in [-0.2, -0.15) is 11.8 Å². The molecule has 0 saturated heterocycles. The summed E-state index contributed by atoms with van der Waals surface area (Å²) in [7, 11) is 0. The van der Waals surface area contributed by atoms with Gasteiger partial charge in [0.05, 0.1) is 0 Å². The molecule has 2 heteroatoms. The molecule has 1 atom stereocenters. The van der Waals surface area contributed by atoms with E-state index in [0.29, 0.717) is 18.0 Å². The maximum atomic E-state index is 4.07. The molecule has 1 nitrogen and oxygen atoms in total. The van der Waals surface area contributed by atoms with E-state index in [0.717, 1.165) is 11.5 Å². The van der Waals surface area contributed by atoms with Gasteiger partial charge in [0.15, 0.2) is 0 Å². The molecule has 0 aromatic carbocycles. The highest BCUT2D eigenvalue weighted by atomic mass is 32.2. The van der Waals surface area contributed by atoms with Crippen molar-refractivity contribution >= 4 is 11.8 Å². The summed E-state index contributed by atoms with van der Waals surface area (Å²) in [5.41, 5.74) is 1.33. The minimum Gasteiger partial charge on any atom is -0.308 e. The standard InChI is InChI=1S/C13H25NS/c1-7-13(14-11(4)5)9-15-8-12(6)10(2)3/h7,10-11,13-14H,1,6,8-9H2,2-5H3. The molecular weight excluding hydrogens is 202 g/mol. The highest BCUT2D eigenvalue weighted by Gasteiger charge is 2.06. The van der Waals surface area contributed by atoms with Gasteiger partial charge in [0.2, 0.25) is 0 Å². The molecule has 15 heavy (non-hydrogen) atoms. The van der Waals surface area contributed by atoms with Crippen LogP contribution in [0, 0.1) is 5.92 Å². The number of hydrogen-bond donors (Lipinski definition) is 1. The smallest absolute Gasteiger partial charge is 0.0340 e. The van der Waals surface area contributed by atoms with Gasteiger partial charge in [-0.3, -0.25) is 0 Å². The van der Waals surface area contributed by atoms with Gasteiger partial charge in [-0.05, 0) is 5.92 Å². The lowest BCUT2D eigenvalue weighted by Gasteiger charge is -2.18. The number of nitrogens with one attached hydrogen (secondary N) is 1. The molecule has 0 heterocycles. The molecule has 0 aliphatic rings. The quantitative estimate of drug-likeness (QED) is 0.637. The van der Waals surface area contributed by atoms with E-state index in [2.05, 4.69) is 46.2 Å². The molecule has 0 radical (unpaired) electrons. The fourth-order valence-corrected chi connectivity index (χ4v) is 2.30. The van der Waals surface area contributed by atoms with Crippen molar-refractivity contribution in [3.05, 3.63) is 24.8 Å². The third kappa shape index (κ3) is 7.69. The molecular formula is C13H25NS. The van der Waals surface area contributed by atoms with Crippen molar-refractivity contribution in [2.75, 3.05) is 11.5 Å². The molecule has 0 fully saturated rings. The lowest BCUT2D eigenvalue weighted by atomic mass is 10.1. The van der Waals surface area contributed by atoms with Crippen LogP contribution in [0.5, 0.6) is 0 Å². The van der Waals surface area contributed by atoms with Gasteiger partial charge in [0, 0.05) is 23.6 Å². The van der Waals surface area contributed by atoms with E-state index in [1.807, 2.05) is 17.8 Å². The molecule has 0 rings (SSSR count). The van der Waals surface area contributed by atoms with Crippen LogP contribution < -0.4 is 5.32 Å². The molecule has 0 aromatic heterocycles. The molecule has 0 aliphatic heterocycles. The van der Waals surface area contributed by atoms with Crippen molar-refractivity contribution in [2.45, 2.75) is 39.8 Å². The largest absolute Gasteiger partial charge is 0.308 e. The minimum atomic E-state index is 0.412. The van der Waals surface area contributed by atoms with Crippen molar-refractivity contribution in [3.8, 4) is 0 Å². The van der Waals surface area contributed by atoms with Gasteiger partial charge >= 0.3 is 0 Å². The highest BCUT2D eigenvalue weighted by molar-refractivity contribution is 7.99. The van der Waals surface area contributed by atoms with Crippen molar-refractivity contribution in [1.82, 2.24) is 5.32 Å². The van der Waals surface area contributed by atoms with Crippen LogP contribution in [0.4, 0.5) is 0 Å². The number of rotatable bonds is 8. The van der Waals surface area contributed by atoms with Crippen molar-refractivity contribution in [3.63, 3.8) is 0 Å². The summed E-state index contributed by atoms with van der Waals surface area (Å²) in [6, 6.07) is 0.928. The monoisotopic (exact) mass is 227 g/mol. The van der Waals surface area contributed by atoms with Crippen LogP contribution in [0.2, 0.25) is 0 Å². The lowest BCUT2D eigenvalue weighted by molar-refractivity contribution is 0.554. The summed E-state index contributed by atoms with van der Waals surface area (Å²) in [6.07, 6.45) is 1.99. The zero-order valence-corrected chi connectivity index (χ0v) is 11.4. The normalized spacial score (nSPS) is 13.2. The summed E-state index contributed by atoms with van der Waals surface area (Å²) in [6.45, 7) is 16.6. The van der Waals surface area contributed by atoms with E-state index >= 15 is 0 Å². The van der Waals surface area contributed by atoms with Crippen LogP contribution in [0.25, 0.3) is 0 Å². The third-order valence-electron chi connectivity index (χ3n) is 2.23. The topological polar surface area (TPSA) is 12.0 Å².